The van der Waals surface area contributed by atoms with Crippen LogP contribution in [0, 0.1) is 18.3 Å². The molecule has 10 nitrogen and oxygen atoms in total. The summed E-state index contributed by atoms with van der Waals surface area (Å²) < 4.78 is 10.8. The van der Waals surface area contributed by atoms with Crippen molar-refractivity contribution in [3.63, 3.8) is 0 Å². The van der Waals surface area contributed by atoms with Gasteiger partial charge in [0.2, 0.25) is 5.89 Å². The summed E-state index contributed by atoms with van der Waals surface area (Å²) in [6, 6.07) is 0.776. The molecule has 0 fully saturated rings. The molecule has 3 heterocycles. The fourth-order valence-corrected chi connectivity index (χ4v) is 4.06. The molecule has 1 atom stereocenters. The molecule has 3 aromatic rings. The zero-order chi connectivity index (χ0) is 22.8. The van der Waals surface area contributed by atoms with Gasteiger partial charge in [-0.05, 0) is 27.7 Å². The zero-order valence-corrected chi connectivity index (χ0v) is 18.8. The fraction of sp³-hybridized carbons (Fsp3) is 0.368. The van der Waals surface area contributed by atoms with E-state index < -0.39 is 23.7 Å². The number of carbonyl (C=O) groups is 2. The first-order valence-corrected chi connectivity index (χ1v) is 10.8. The Kier molecular flexibility index (Phi) is 6.37. The molecular formula is C19H19N5O5S2. The van der Waals surface area contributed by atoms with Crippen molar-refractivity contribution in [1.82, 2.24) is 20.3 Å². The highest BCUT2D eigenvalue weighted by Gasteiger charge is 2.26. The number of aliphatic carboxylic acids is 1. The minimum atomic E-state index is -1.20. The van der Waals surface area contributed by atoms with Crippen LogP contribution in [0.4, 0.5) is 4.79 Å². The predicted octanol–water partition coefficient (Wildman–Crippen LogP) is 3.62. The number of nitrogens with one attached hydrogen (secondary N) is 1. The van der Waals surface area contributed by atoms with Crippen LogP contribution < -0.4 is 5.32 Å². The number of oxazole rings is 1. The van der Waals surface area contributed by atoms with E-state index in [0.29, 0.717) is 32.9 Å². The van der Waals surface area contributed by atoms with Crippen molar-refractivity contribution in [3.05, 3.63) is 27.2 Å². The Labute approximate surface area is 185 Å². The van der Waals surface area contributed by atoms with Crippen molar-refractivity contribution in [3.8, 4) is 28.4 Å². The molecule has 3 aromatic heterocycles. The molecule has 0 radical (unpaired) electrons. The van der Waals surface area contributed by atoms with Crippen LogP contribution in [0.2, 0.25) is 0 Å². The summed E-state index contributed by atoms with van der Waals surface area (Å²) in [6.45, 7) is 6.80. The Morgan fingerprint density at radius 2 is 2.03 bits per heavy atom. The Morgan fingerprint density at radius 1 is 1.29 bits per heavy atom. The summed E-state index contributed by atoms with van der Waals surface area (Å²) in [5.74, 6) is -0.414. The van der Waals surface area contributed by atoms with Gasteiger partial charge in [0, 0.05) is 17.2 Å². The first-order valence-electron chi connectivity index (χ1n) is 9.06. The molecule has 0 aliphatic heterocycles. The van der Waals surface area contributed by atoms with E-state index in [1.54, 1.807) is 38.5 Å². The monoisotopic (exact) mass is 461 g/mol. The molecule has 0 spiro atoms. The van der Waals surface area contributed by atoms with Gasteiger partial charge < -0.3 is 19.6 Å². The summed E-state index contributed by atoms with van der Waals surface area (Å²) >= 11 is 2.51. The number of nitriles is 1. The quantitative estimate of drug-likeness (QED) is 0.560. The molecule has 0 saturated carbocycles. The van der Waals surface area contributed by atoms with Gasteiger partial charge in [-0.25, -0.2) is 24.5 Å². The highest BCUT2D eigenvalue weighted by Crippen LogP contribution is 2.31. The number of thiazole rings is 2. The number of ether oxygens (including phenoxy) is 1. The van der Waals surface area contributed by atoms with Crippen molar-refractivity contribution in [2.24, 2.45) is 0 Å². The maximum atomic E-state index is 11.9. The summed E-state index contributed by atoms with van der Waals surface area (Å²) in [5, 5.41) is 25.1. The van der Waals surface area contributed by atoms with Crippen LogP contribution in [0.25, 0.3) is 22.3 Å². The van der Waals surface area contributed by atoms with Crippen molar-refractivity contribution in [1.29, 1.82) is 5.26 Å². The number of aryl methyl sites for hydroxylation is 1. The van der Waals surface area contributed by atoms with Crippen molar-refractivity contribution < 1.29 is 23.8 Å². The molecule has 0 saturated heterocycles. The van der Waals surface area contributed by atoms with E-state index in [9.17, 15) is 14.7 Å². The Balaban J connectivity index is 1.75. The molecule has 1 unspecified atom stereocenters. The fourth-order valence-electron chi connectivity index (χ4n) is 2.47. The highest BCUT2D eigenvalue weighted by molar-refractivity contribution is 7.13. The van der Waals surface area contributed by atoms with Gasteiger partial charge in [-0.2, -0.15) is 5.26 Å². The Hall–Kier alpha value is -3.30. The lowest BCUT2D eigenvalue weighted by Gasteiger charge is -2.21. The van der Waals surface area contributed by atoms with Crippen LogP contribution in [-0.4, -0.2) is 43.8 Å². The van der Waals surface area contributed by atoms with Crippen LogP contribution in [-0.2, 0) is 16.0 Å². The van der Waals surface area contributed by atoms with E-state index in [2.05, 4.69) is 20.3 Å². The number of alkyl carbamates (subject to hydrolysis) is 1. The van der Waals surface area contributed by atoms with Gasteiger partial charge in [-0.3, -0.25) is 0 Å². The van der Waals surface area contributed by atoms with Crippen LogP contribution in [0.1, 0.15) is 37.2 Å². The van der Waals surface area contributed by atoms with E-state index in [0.717, 1.165) is 0 Å². The van der Waals surface area contributed by atoms with Crippen LogP contribution >= 0.6 is 22.7 Å². The average molecular weight is 462 g/mol. The van der Waals surface area contributed by atoms with Crippen LogP contribution in [0.3, 0.4) is 0 Å². The number of aromatic nitrogens is 3. The molecule has 0 aromatic carbocycles. The third-order valence-electron chi connectivity index (χ3n) is 3.76. The van der Waals surface area contributed by atoms with Gasteiger partial charge in [0.05, 0.1) is 5.01 Å². The van der Waals surface area contributed by atoms with E-state index in [1.807, 2.05) is 6.07 Å². The van der Waals surface area contributed by atoms with Gasteiger partial charge >= 0.3 is 12.1 Å². The minimum absolute atomic E-state index is 0.0240. The topological polar surface area (TPSA) is 151 Å². The van der Waals surface area contributed by atoms with E-state index in [1.165, 1.54) is 22.7 Å². The number of carbonyl (C=O) groups excluding carboxylic acids is 1. The SMILES string of the molecule is Cc1oc(-c2csc(CC(NC(=O)OC(C)(C)C)C(=O)O)n2)nc1-c1nc(C#N)cs1. The van der Waals surface area contributed by atoms with Crippen LogP contribution in [0.15, 0.2) is 15.2 Å². The minimum Gasteiger partial charge on any atom is -0.480 e. The molecule has 31 heavy (non-hydrogen) atoms. The summed E-state index contributed by atoms with van der Waals surface area (Å²) in [4.78, 5) is 36.5. The van der Waals surface area contributed by atoms with Crippen molar-refractivity contribution in [2.75, 3.05) is 0 Å². The first-order chi connectivity index (χ1) is 14.6. The Bertz CT molecular complexity index is 1150. The molecule has 0 aliphatic carbocycles. The number of rotatable bonds is 6. The average Bonchev–Trinajstić information content (AvgIpc) is 3.38. The molecular weight excluding hydrogens is 442 g/mol. The number of amides is 1. The standard InChI is InChI=1S/C19H19N5O5S2/c1-9-14(16-21-10(6-20)7-31-16)24-15(28-9)12-8-30-13(22-12)5-11(17(25)26)23-18(27)29-19(2,3)4/h7-8,11H,5H2,1-4H3,(H,23,27)(H,25,26). The lowest BCUT2D eigenvalue weighted by atomic mass is 10.2. The normalized spacial score (nSPS) is 12.2. The van der Waals surface area contributed by atoms with Crippen molar-refractivity contribution >= 4 is 34.7 Å². The number of hydrogen-bond acceptors (Lipinski definition) is 10. The second-order valence-corrected chi connectivity index (χ2v) is 9.24. The molecule has 1 amide bonds. The predicted molar refractivity (Wildman–Crippen MR) is 113 cm³/mol. The van der Waals surface area contributed by atoms with Gasteiger partial charge in [-0.1, -0.05) is 0 Å². The van der Waals surface area contributed by atoms with Gasteiger partial charge in [-0.15, -0.1) is 22.7 Å². The number of carboxylic acid groups (broad SMARTS) is 1. The molecule has 12 heteroatoms. The third kappa shape index (κ3) is 5.65. The summed E-state index contributed by atoms with van der Waals surface area (Å²) in [6.07, 6.45) is -0.839. The third-order valence-corrected chi connectivity index (χ3v) is 5.48. The zero-order valence-electron chi connectivity index (χ0n) is 17.1. The maximum Gasteiger partial charge on any atom is 0.408 e. The second kappa shape index (κ2) is 8.83. The number of hydrogen-bond donors (Lipinski definition) is 2. The smallest absolute Gasteiger partial charge is 0.408 e. The lowest BCUT2D eigenvalue weighted by molar-refractivity contribution is -0.139. The summed E-state index contributed by atoms with van der Waals surface area (Å²) in [5.41, 5.74) is 0.518. The maximum absolute atomic E-state index is 11.9. The van der Waals surface area contributed by atoms with Crippen LogP contribution in [0.5, 0.6) is 0 Å². The largest absolute Gasteiger partial charge is 0.480 e. The van der Waals surface area contributed by atoms with E-state index in [4.69, 9.17) is 14.4 Å². The second-order valence-electron chi connectivity index (χ2n) is 7.44. The van der Waals surface area contributed by atoms with E-state index >= 15 is 0 Å². The van der Waals surface area contributed by atoms with Crippen molar-refractivity contribution in [2.45, 2.75) is 45.8 Å². The molecule has 162 valence electrons. The first kappa shape index (κ1) is 22.4. The lowest BCUT2D eigenvalue weighted by Crippen LogP contribution is -2.44. The van der Waals surface area contributed by atoms with E-state index in [-0.39, 0.29) is 12.3 Å². The van der Waals surface area contributed by atoms with Gasteiger partial charge in [0.25, 0.3) is 0 Å². The van der Waals surface area contributed by atoms with Gasteiger partial charge in [0.15, 0.2) is 5.69 Å². The summed E-state index contributed by atoms with van der Waals surface area (Å²) in [7, 11) is 0. The Morgan fingerprint density at radius 3 is 2.65 bits per heavy atom. The molecule has 0 aliphatic rings. The highest BCUT2D eigenvalue weighted by atomic mass is 32.1. The number of nitrogens with zero attached hydrogens (tertiary/aromatic N) is 4. The van der Waals surface area contributed by atoms with Gasteiger partial charge in [0.1, 0.15) is 39.9 Å². The molecule has 2 N–H and O–H groups in total. The number of carboxylic acids is 1. The molecule has 3 rings (SSSR count). The molecule has 0 bridgehead atoms.